The van der Waals surface area contributed by atoms with Crippen molar-refractivity contribution in [1.82, 2.24) is 10.2 Å². The van der Waals surface area contributed by atoms with Gasteiger partial charge in [0.2, 0.25) is 11.8 Å². The summed E-state index contributed by atoms with van der Waals surface area (Å²) in [4.78, 5) is 29.1. The van der Waals surface area contributed by atoms with Crippen LogP contribution in [0, 0.1) is 13.8 Å². The van der Waals surface area contributed by atoms with Gasteiger partial charge in [-0.05, 0) is 74.2 Å². The third-order valence-electron chi connectivity index (χ3n) is 7.22. The lowest BCUT2D eigenvalue weighted by molar-refractivity contribution is -0.140. The number of ether oxygens (including phenoxy) is 2. The van der Waals surface area contributed by atoms with E-state index in [4.69, 9.17) is 9.47 Å². The Labute approximate surface area is 255 Å². The summed E-state index contributed by atoms with van der Waals surface area (Å²) < 4.78 is 40.2. The number of rotatable bonds is 15. The minimum Gasteiger partial charge on any atom is -0.497 e. The first kappa shape index (κ1) is 33.5. The van der Waals surface area contributed by atoms with Crippen LogP contribution in [0.3, 0.4) is 0 Å². The van der Waals surface area contributed by atoms with Crippen LogP contribution < -0.4 is 19.1 Å². The molecular weight excluding hydrogens is 566 g/mol. The lowest BCUT2D eigenvalue weighted by atomic mass is 10.1. The molecule has 9 nitrogen and oxygen atoms in total. The second kappa shape index (κ2) is 15.4. The molecule has 0 bridgehead atoms. The Morgan fingerprint density at radius 3 is 2.12 bits per heavy atom. The number of sulfonamides is 1. The number of hydrogen-bond donors (Lipinski definition) is 1. The molecule has 232 valence electrons. The first-order valence-corrected chi connectivity index (χ1v) is 15.9. The number of anilines is 1. The van der Waals surface area contributed by atoms with E-state index >= 15 is 0 Å². The molecule has 0 heterocycles. The van der Waals surface area contributed by atoms with E-state index in [1.165, 1.54) is 24.1 Å². The van der Waals surface area contributed by atoms with Gasteiger partial charge < -0.3 is 19.7 Å². The summed E-state index contributed by atoms with van der Waals surface area (Å²) in [6, 6.07) is 18.0. The smallest absolute Gasteiger partial charge is 0.264 e. The molecule has 3 rings (SSSR count). The number of methoxy groups -OCH3 is 2. The minimum absolute atomic E-state index is 0.0421. The normalized spacial score (nSPS) is 11.9. The SMILES string of the molecule is CCCCNC(=O)[C@H](CC)N(Cc1ccc(OC)cc1)C(=O)CN(c1cc(C)ccc1OC)S(=O)(=O)c1ccc(C)cc1. The van der Waals surface area contributed by atoms with Crippen LogP contribution in [0.15, 0.2) is 71.6 Å². The molecule has 43 heavy (non-hydrogen) atoms. The molecule has 10 heteroatoms. The molecule has 3 aromatic carbocycles. The van der Waals surface area contributed by atoms with Crippen molar-refractivity contribution in [1.29, 1.82) is 0 Å². The summed E-state index contributed by atoms with van der Waals surface area (Å²) in [6.45, 7) is 7.63. The van der Waals surface area contributed by atoms with E-state index in [1.54, 1.807) is 43.5 Å². The fraction of sp³-hybridized carbons (Fsp3) is 0.394. The van der Waals surface area contributed by atoms with E-state index < -0.39 is 28.5 Å². The lowest BCUT2D eigenvalue weighted by Gasteiger charge is -2.33. The van der Waals surface area contributed by atoms with Crippen LogP contribution in [0.5, 0.6) is 11.5 Å². The standard InChI is InChI=1S/C33H43N3O6S/c1-7-9-20-34-33(38)29(8-2)35(22-26-13-15-27(41-5)16-14-26)32(37)23-36(30-21-25(4)12-19-31(30)42-6)43(39,40)28-17-10-24(3)11-18-28/h10-19,21,29H,7-9,20,22-23H2,1-6H3,(H,34,38)/t29-/m0/s1. The Balaban J connectivity index is 2.10. The third-order valence-corrected chi connectivity index (χ3v) is 8.99. The van der Waals surface area contributed by atoms with Crippen LogP contribution in [0.1, 0.15) is 49.8 Å². The Kier molecular flexibility index (Phi) is 12.0. The maximum atomic E-state index is 14.3. The molecule has 0 radical (unpaired) electrons. The number of carbonyl (C=O) groups is 2. The predicted molar refractivity (Wildman–Crippen MR) is 169 cm³/mol. The second-order valence-electron chi connectivity index (χ2n) is 10.4. The molecule has 1 N–H and O–H groups in total. The van der Waals surface area contributed by atoms with Crippen molar-refractivity contribution in [3.8, 4) is 11.5 Å². The molecule has 2 amide bonds. The van der Waals surface area contributed by atoms with E-state index in [-0.39, 0.29) is 23.0 Å². The van der Waals surface area contributed by atoms with Gasteiger partial charge in [-0.2, -0.15) is 0 Å². The zero-order valence-corrected chi connectivity index (χ0v) is 26.7. The monoisotopic (exact) mass is 609 g/mol. The summed E-state index contributed by atoms with van der Waals surface area (Å²) in [6.07, 6.45) is 2.07. The molecule has 0 saturated carbocycles. The Hall–Kier alpha value is -4.05. The molecule has 0 aliphatic carbocycles. The fourth-order valence-electron chi connectivity index (χ4n) is 4.70. The van der Waals surface area contributed by atoms with Crippen LogP contribution in [0.4, 0.5) is 5.69 Å². The summed E-state index contributed by atoms with van der Waals surface area (Å²) in [7, 11) is -1.19. The maximum absolute atomic E-state index is 14.3. The molecule has 0 saturated heterocycles. The van der Waals surface area contributed by atoms with E-state index in [0.717, 1.165) is 33.8 Å². The van der Waals surface area contributed by atoms with Gasteiger partial charge >= 0.3 is 0 Å². The molecule has 0 aliphatic rings. The number of unbranched alkanes of at least 4 members (excludes halogenated alkanes) is 1. The summed E-state index contributed by atoms with van der Waals surface area (Å²) in [5.74, 6) is 0.166. The van der Waals surface area contributed by atoms with Crippen molar-refractivity contribution >= 4 is 27.5 Å². The molecule has 0 fully saturated rings. The molecule has 0 aromatic heterocycles. The van der Waals surface area contributed by atoms with Gasteiger partial charge in [0.1, 0.15) is 24.1 Å². The highest BCUT2D eigenvalue weighted by Crippen LogP contribution is 2.34. The number of nitrogens with one attached hydrogen (secondary N) is 1. The van der Waals surface area contributed by atoms with Gasteiger partial charge in [0.25, 0.3) is 10.0 Å². The van der Waals surface area contributed by atoms with Gasteiger partial charge in [-0.15, -0.1) is 0 Å². The van der Waals surface area contributed by atoms with Gasteiger partial charge in [0.05, 0.1) is 24.8 Å². The number of nitrogens with zero attached hydrogens (tertiary/aromatic N) is 2. The number of hydrogen-bond acceptors (Lipinski definition) is 6. The largest absolute Gasteiger partial charge is 0.497 e. The van der Waals surface area contributed by atoms with Crippen LogP contribution in [0.2, 0.25) is 0 Å². The van der Waals surface area contributed by atoms with Crippen molar-refractivity contribution in [3.05, 3.63) is 83.4 Å². The van der Waals surface area contributed by atoms with Gasteiger partial charge in [0.15, 0.2) is 0 Å². The first-order chi connectivity index (χ1) is 20.5. The van der Waals surface area contributed by atoms with Crippen molar-refractivity contribution in [2.24, 2.45) is 0 Å². The van der Waals surface area contributed by atoms with Crippen molar-refractivity contribution in [2.45, 2.75) is 64.4 Å². The van der Waals surface area contributed by atoms with Crippen LogP contribution in [0.25, 0.3) is 0 Å². The Bertz CT molecular complexity index is 1470. The van der Waals surface area contributed by atoms with Crippen molar-refractivity contribution in [3.63, 3.8) is 0 Å². The van der Waals surface area contributed by atoms with Crippen LogP contribution in [-0.2, 0) is 26.2 Å². The van der Waals surface area contributed by atoms with Gasteiger partial charge in [0, 0.05) is 13.1 Å². The third kappa shape index (κ3) is 8.50. The fourth-order valence-corrected chi connectivity index (χ4v) is 6.12. The van der Waals surface area contributed by atoms with Gasteiger partial charge in [-0.25, -0.2) is 8.42 Å². The number of aryl methyl sites for hydroxylation is 2. The van der Waals surface area contributed by atoms with E-state index in [9.17, 15) is 18.0 Å². The highest BCUT2D eigenvalue weighted by atomic mass is 32.2. The van der Waals surface area contributed by atoms with Gasteiger partial charge in [-0.3, -0.25) is 13.9 Å². The average Bonchev–Trinajstić information content (AvgIpc) is 3.00. The maximum Gasteiger partial charge on any atom is 0.264 e. The zero-order chi connectivity index (χ0) is 31.6. The highest BCUT2D eigenvalue weighted by molar-refractivity contribution is 7.92. The quantitative estimate of drug-likeness (QED) is 0.236. The Morgan fingerprint density at radius 2 is 1.53 bits per heavy atom. The zero-order valence-electron chi connectivity index (χ0n) is 25.9. The van der Waals surface area contributed by atoms with E-state index in [2.05, 4.69) is 5.32 Å². The minimum atomic E-state index is -4.21. The lowest BCUT2D eigenvalue weighted by Crippen LogP contribution is -2.52. The van der Waals surface area contributed by atoms with E-state index in [0.29, 0.717) is 24.5 Å². The highest BCUT2D eigenvalue weighted by Gasteiger charge is 2.34. The molecule has 0 unspecified atom stereocenters. The first-order valence-electron chi connectivity index (χ1n) is 14.5. The van der Waals surface area contributed by atoms with Gasteiger partial charge in [-0.1, -0.05) is 56.2 Å². The molecule has 0 spiro atoms. The summed E-state index contributed by atoms with van der Waals surface area (Å²) >= 11 is 0. The molecule has 3 aromatic rings. The predicted octanol–water partition coefficient (Wildman–Crippen LogP) is 5.24. The molecule has 0 aliphatic heterocycles. The van der Waals surface area contributed by atoms with Crippen LogP contribution >= 0.6 is 0 Å². The topological polar surface area (TPSA) is 105 Å². The number of amides is 2. The molecule has 1 atom stereocenters. The summed E-state index contributed by atoms with van der Waals surface area (Å²) in [5, 5.41) is 2.94. The van der Waals surface area contributed by atoms with Crippen molar-refractivity contribution in [2.75, 3.05) is 31.6 Å². The number of benzene rings is 3. The van der Waals surface area contributed by atoms with Crippen LogP contribution in [-0.4, -0.2) is 58.5 Å². The van der Waals surface area contributed by atoms with Crippen molar-refractivity contribution < 1.29 is 27.5 Å². The van der Waals surface area contributed by atoms with E-state index in [1.807, 2.05) is 45.9 Å². The Morgan fingerprint density at radius 1 is 0.884 bits per heavy atom. The second-order valence-corrected chi connectivity index (χ2v) is 12.3. The summed E-state index contributed by atoms with van der Waals surface area (Å²) in [5.41, 5.74) is 2.71. The average molecular weight is 610 g/mol. The number of carbonyl (C=O) groups excluding carboxylic acids is 2. The molecular formula is C33H43N3O6S.